The summed E-state index contributed by atoms with van der Waals surface area (Å²) in [6, 6.07) is 12.6. The molecule has 0 aliphatic carbocycles. The van der Waals surface area contributed by atoms with Crippen molar-refractivity contribution in [2.24, 2.45) is 0 Å². The Hall–Kier alpha value is -3.69. The highest BCUT2D eigenvalue weighted by atomic mass is 36.0. The molecule has 10 nitrogen and oxygen atoms in total. The summed E-state index contributed by atoms with van der Waals surface area (Å²) in [5.74, 6) is 0.843. The average molecular weight is 857 g/mol. The van der Waals surface area contributed by atoms with E-state index in [9.17, 15) is 8.78 Å². The van der Waals surface area contributed by atoms with Gasteiger partial charge in [-0.3, -0.25) is 0 Å². The summed E-state index contributed by atoms with van der Waals surface area (Å²) in [7, 11) is 10.8. The smallest absolute Gasteiger partial charge is 0.317 e. The van der Waals surface area contributed by atoms with Crippen molar-refractivity contribution in [3.63, 3.8) is 0 Å². The number of nitrogens with zero attached hydrogens (tertiary/aromatic N) is 4. The van der Waals surface area contributed by atoms with Gasteiger partial charge in [-0.2, -0.15) is 8.42 Å². The Morgan fingerprint density at radius 3 is 1.40 bits per heavy atom. The van der Waals surface area contributed by atoms with Crippen LogP contribution >= 0.6 is 67.8 Å². The highest BCUT2D eigenvalue weighted by Crippen LogP contribution is 2.47. The van der Waals surface area contributed by atoms with Crippen molar-refractivity contribution in [2.75, 3.05) is 28.4 Å². The van der Waals surface area contributed by atoms with Gasteiger partial charge in [0.1, 0.15) is 34.6 Å². The number of fused-ring (bicyclic) bond motifs is 2. The zero-order valence-electron chi connectivity index (χ0n) is 26.4. The molecule has 0 saturated carbocycles. The summed E-state index contributed by atoms with van der Waals surface area (Å²) in [4.78, 5) is 15.8. The van der Waals surface area contributed by atoms with Gasteiger partial charge >= 0.3 is 8.26 Å². The van der Waals surface area contributed by atoms with Crippen LogP contribution in [0.15, 0.2) is 60.9 Å². The van der Waals surface area contributed by atoms with E-state index < -0.39 is 19.9 Å². The molecule has 19 heteroatoms. The molecule has 6 aromatic rings. The van der Waals surface area contributed by atoms with Gasteiger partial charge in [-0.15, -0.1) is 0 Å². The van der Waals surface area contributed by atoms with E-state index in [2.05, 4.69) is 41.3 Å². The van der Waals surface area contributed by atoms with Gasteiger partial charge in [0, 0.05) is 85.5 Å². The molecule has 0 N–H and O–H groups in total. The minimum absolute atomic E-state index is 0. The third kappa shape index (κ3) is 10.7. The van der Waals surface area contributed by atoms with Gasteiger partial charge in [0.25, 0.3) is 0 Å². The summed E-state index contributed by atoms with van der Waals surface area (Å²) >= 11 is 24.2. The number of aromatic nitrogens is 4. The SMILES string of the molecule is C.COc1cc(OC)c(Cl)c(-c2cc3cnc(Cl)nc3cc2F)c1Cl.COc1cc(OC)cc(-c2cc3cnc(Cl)nc3cc2F)c1.O=S(=O)(Cl)Cl. The fraction of sp³-hybridized carbons (Fsp3) is 0.152. The Morgan fingerprint density at radius 1 is 0.596 bits per heavy atom. The fourth-order valence-electron chi connectivity index (χ4n) is 4.56. The fourth-order valence-corrected chi connectivity index (χ4v) is 5.54. The van der Waals surface area contributed by atoms with Gasteiger partial charge in [-0.05, 0) is 53.0 Å². The minimum Gasteiger partial charge on any atom is -0.497 e. The van der Waals surface area contributed by atoms with Crippen molar-refractivity contribution in [1.82, 2.24) is 19.9 Å². The largest absolute Gasteiger partial charge is 0.497 e. The number of hydrogen-bond acceptors (Lipinski definition) is 10. The van der Waals surface area contributed by atoms with E-state index in [-0.39, 0.29) is 39.2 Å². The first-order valence-electron chi connectivity index (χ1n) is 13.8. The van der Waals surface area contributed by atoms with E-state index in [1.54, 1.807) is 50.7 Å². The average Bonchev–Trinajstić information content (AvgIpc) is 3.07. The summed E-state index contributed by atoms with van der Waals surface area (Å²) < 4.78 is 68.3. The van der Waals surface area contributed by atoms with Gasteiger partial charge in [0.2, 0.25) is 10.6 Å². The number of benzene rings is 4. The topological polar surface area (TPSA) is 123 Å². The lowest BCUT2D eigenvalue weighted by Gasteiger charge is -2.15. The van der Waals surface area contributed by atoms with Gasteiger partial charge in [-0.1, -0.05) is 30.6 Å². The van der Waals surface area contributed by atoms with Gasteiger partial charge in [0.15, 0.2) is 0 Å². The zero-order valence-corrected chi connectivity index (χ0v) is 31.8. The summed E-state index contributed by atoms with van der Waals surface area (Å²) in [6.07, 6.45) is 3.05. The van der Waals surface area contributed by atoms with Crippen LogP contribution in [-0.2, 0) is 8.26 Å². The number of halogens is 8. The van der Waals surface area contributed by atoms with E-state index in [1.165, 1.54) is 38.6 Å². The Morgan fingerprint density at radius 2 is 1.00 bits per heavy atom. The number of hydrogen-bond donors (Lipinski definition) is 0. The van der Waals surface area contributed by atoms with Crippen LogP contribution in [0.1, 0.15) is 7.43 Å². The lowest BCUT2D eigenvalue weighted by Crippen LogP contribution is -1.96. The van der Waals surface area contributed by atoms with Crippen LogP contribution in [0.4, 0.5) is 8.78 Å². The molecule has 0 amide bonds. The van der Waals surface area contributed by atoms with Gasteiger partial charge in [-0.25, -0.2) is 28.7 Å². The minimum atomic E-state index is -3.72. The maximum absolute atomic E-state index is 14.7. The third-order valence-electron chi connectivity index (χ3n) is 6.78. The van der Waals surface area contributed by atoms with E-state index in [0.717, 1.165) is 0 Å². The first kappa shape index (κ1) is 42.7. The van der Waals surface area contributed by atoms with Crippen molar-refractivity contribution in [2.45, 2.75) is 7.43 Å². The normalized spacial score (nSPS) is 10.7. The monoisotopic (exact) mass is 854 g/mol. The predicted molar refractivity (Wildman–Crippen MR) is 203 cm³/mol. The van der Waals surface area contributed by atoms with Gasteiger partial charge in [0.05, 0.1) is 49.5 Å². The molecule has 52 heavy (non-hydrogen) atoms. The molecule has 0 spiro atoms. The molecule has 0 fully saturated rings. The van der Waals surface area contributed by atoms with Crippen molar-refractivity contribution < 1.29 is 36.1 Å². The highest BCUT2D eigenvalue weighted by Gasteiger charge is 2.22. The van der Waals surface area contributed by atoms with E-state index in [4.69, 9.17) is 73.8 Å². The first-order chi connectivity index (χ1) is 24.1. The Labute approximate surface area is 326 Å². The number of ether oxygens (including phenoxy) is 4. The standard InChI is InChI=1S/C16H10Cl3FN2O2.C16H12ClFN2O2.CH4.Cl2O2S/c1-23-11-5-12(24-2)15(18)13(14(11)17)8-3-7-6-21-16(19)22-10(7)4-9(8)20;1-21-11-3-9(4-12(6-11)22-2)13-5-10-8-19-16(17)20-15(10)7-14(13)18;;1-5(2,3)4/h3-6H,1-2H3;3-8H,1-2H3;1H4;. The quantitative estimate of drug-likeness (QED) is 0.118. The maximum atomic E-state index is 14.7. The molecule has 0 atom stereocenters. The van der Waals surface area contributed by atoms with Crippen molar-refractivity contribution in [1.29, 1.82) is 0 Å². The Bertz CT molecular complexity index is 2300. The van der Waals surface area contributed by atoms with Gasteiger partial charge < -0.3 is 18.9 Å². The Kier molecular flexibility index (Phi) is 15.1. The molecule has 0 aliphatic rings. The Balaban J connectivity index is 0.000000245. The van der Waals surface area contributed by atoms with Crippen molar-refractivity contribution in [3.05, 3.63) is 93.2 Å². The lowest BCUT2D eigenvalue weighted by molar-refractivity contribution is 0.394. The third-order valence-corrected chi connectivity index (χ3v) is 7.90. The van der Waals surface area contributed by atoms with Crippen molar-refractivity contribution >= 4 is 97.8 Å². The van der Waals surface area contributed by atoms with Crippen LogP contribution in [0.2, 0.25) is 20.6 Å². The second-order valence-electron chi connectivity index (χ2n) is 9.82. The maximum Gasteiger partial charge on any atom is 0.317 e. The molecular formula is C33H26Cl6F2N4O6S. The van der Waals surface area contributed by atoms with Crippen LogP contribution in [0, 0.1) is 11.6 Å². The van der Waals surface area contributed by atoms with E-state index in [1.807, 2.05) is 0 Å². The van der Waals surface area contributed by atoms with Crippen LogP contribution in [0.3, 0.4) is 0 Å². The highest BCUT2D eigenvalue weighted by molar-refractivity contribution is 8.31. The molecule has 0 unspecified atom stereocenters. The van der Waals surface area contributed by atoms with E-state index >= 15 is 0 Å². The van der Waals surface area contributed by atoms with Crippen molar-refractivity contribution in [3.8, 4) is 45.3 Å². The second-order valence-corrected chi connectivity index (χ2v) is 14.9. The summed E-state index contributed by atoms with van der Waals surface area (Å²) in [6.45, 7) is 0. The van der Waals surface area contributed by atoms with Crippen LogP contribution < -0.4 is 18.9 Å². The molecular weight excluding hydrogens is 831 g/mol. The molecule has 2 heterocycles. The summed E-state index contributed by atoms with van der Waals surface area (Å²) in [5.41, 5.74) is 2.33. The zero-order chi connectivity index (χ0) is 37.6. The first-order valence-corrected chi connectivity index (χ1v) is 18.4. The molecule has 0 radical (unpaired) electrons. The molecule has 0 saturated heterocycles. The molecule has 2 aromatic heterocycles. The van der Waals surface area contributed by atoms with Crippen LogP contribution in [-0.4, -0.2) is 56.8 Å². The molecule has 6 rings (SSSR count). The second kappa shape index (κ2) is 18.4. The molecule has 0 aliphatic heterocycles. The molecule has 0 bridgehead atoms. The summed E-state index contributed by atoms with van der Waals surface area (Å²) in [5, 5.41) is 1.76. The van der Waals surface area contributed by atoms with Crippen LogP contribution in [0.5, 0.6) is 23.0 Å². The molecule has 4 aromatic carbocycles. The lowest BCUT2D eigenvalue weighted by atomic mass is 10.0. The van der Waals surface area contributed by atoms with Crippen LogP contribution in [0.25, 0.3) is 44.1 Å². The number of rotatable bonds is 6. The van der Waals surface area contributed by atoms with E-state index in [0.29, 0.717) is 55.9 Å². The predicted octanol–water partition coefficient (Wildman–Crippen LogP) is 10.9. The number of methoxy groups -OCH3 is 4. The molecule has 276 valence electrons.